The third kappa shape index (κ3) is 6.22. The van der Waals surface area contributed by atoms with E-state index in [-0.39, 0.29) is 18.9 Å². The van der Waals surface area contributed by atoms with Gasteiger partial charge >= 0.3 is 5.97 Å². The number of rotatable bonds is 9. The number of amides is 1. The maximum absolute atomic E-state index is 12.0. The van der Waals surface area contributed by atoms with Crippen LogP contribution in [0.5, 0.6) is 0 Å². The summed E-state index contributed by atoms with van der Waals surface area (Å²) >= 11 is 0. The van der Waals surface area contributed by atoms with Crippen molar-refractivity contribution < 1.29 is 19.1 Å². The molecule has 1 amide bonds. The van der Waals surface area contributed by atoms with Crippen LogP contribution in [0.25, 0.3) is 6.08 Å². The monoisotopic (exact) mass is 279 g/mol. The smallest absolute Gasteiger partial charge is 0.305 e. The number of carboxylic acid groups (broad SMARTS) is 1. The highest BCUT2D eigenvalue weighted by Gasteiger charge is 2.12. The predicted molar refractivity (Wildman–Crippen MR) is 76.1 cm³/mol. The number of carbonyl (C=O) groups excluding carboxylic acids is 1. The molecule has 0 aromatic carbocycles. The average molecular weight is 279 g/mol. The molecular weight excluding hydrogens is 258 g/mol. The Bertz CT molecular complexity index is 437. The van der Waals surface area contributed by atoms with E-state index in [0.29, 0.717) is 12.3 Å². The van der Waals surface area contributed by atoms with Gasteiger partial charge in [0, 0.05) is 19.2 Å². The third-order valence-corrected chi connectivity index (χ3v) is 2.87. The molecule has 1 rings (SSSR count). The van der Waals surface area contributed by atoms with E-state index in [2.05, 4.69) is 6.92 Å². The highest BCUT2D eigenvalue weighted by atomic mass is 16.4. The minimum Gasteiger partial charge on any atom is -0.481 e. The molecule has 5 heteroatoms. The Morgan fingerprint density at radius 3 is 2.75 bits per heavy atom. The highest BCUT2D eigenvalue weighted by Crippen LogP contribution is 2.05. The standard InChI is InChI=1S/C15H21NO4/c1-2-3-4-10-16(11-9-15(18)19)14(17)8-7-13-6-5-12-20-13/h5-8,12H,2-4,9-11H2,1H3,(H,18,19)/b8-7+. The molecule has 0 fully saturated rings. The fourth-order valence-corrected chi connectivity index (χ4v) is 1.76. The van der Waals surface area contributed by atoms with Crippen molar-refractivity contribution in [2.24, 2.45) is 0 Å². The maximum atomic E-state index is 12.0. The lowest BCUT2D eigenvalue weighted by Gasteiger charge is -2.20. The van der Waals surface area contributed by atoms with Crippen molar-refractivity contribution in [1.82, 2.24) is 4.90 Å². The van der Waals surface area contributed by atoms with Crippen LogP contribution in [0.2, 0.25) is 0 Å². The molecule has 1 N–H and O–H groups in total. The van der Waals surface area contributed by atoms with Crippen LogP contribution in [0.15, 0.2) is 28.9 Å². The van der Waals surface area contributed by atoms with Crippen molar-refractivity contribution in [3.8, 4) is 0 Å². The Hall–Kier alpha value is -2.04. The molecule has 1 aromatic heterocycles. The first kappa shape index (κ1) is 16.0. The summed E-state index contributed by atoms with van der Waals surface area (Å²) in [6.45, 7) is 2.91. The molecule has 0 bridgehead atoms. The van der Waals surface area contributed by atoms with Gasteiger partial charge in [0.2, 0.25) is 5.91 Å². The second-order valence-corrected chi connectivity index (χ2v) is 4.52. The first-order chi connectivity index (χ1) is 9.63. The minimum atomic E-state index is -0.895. The number of hydrogen-bond donors (Lipinski definition) is 1. The van der Waals surface area contributed by atoms with Gasteiger partial charge in [-0.25, -0.2) is 0 Å². The zero-order valence-corrected chi connectivity index (χ0v) is 11.7. The first-order valence-corrected chi connectivity index (χ1v) is 6.85. The number of aliphatic carboxylic acids is 1. The minimum absolute atomic E-state index is 0.0353. The summed E-state index contributed by atoms with van der Waals surface area (Å²) in [5.41, 5.74) is 0. The van der Waals surface area contributed by atoms with E-state index in [1.165, 1.54) is 12.3 Å². The van der Waals surface area contributed by atoms with E-state index in [4.69, 9.17) is 9.52 Å². The SMILES string of the molecule is CCCCCN(CCC(=O)O)C(=O)/C=C/c1ccco1. The zero-order valence-electron chi connectivity index (χ0n) is 11.7. The molecule has 5 nitrogen and oxygen atoms in total. The third-order valence-electron chi connectivity index (χ3n) is 2.87. The average Bonchev–Trinajstić information content (AvgIpc) is 2.93. The molecule has 110 valence electrons. The van der Waals surface area contributed by atoms with Crippen molar-refractivity contribution in [1.29, 1.82) is 0 Å². The van der Waals surface area contributed by atoms with E-state index in [0.717, 1.165) is 19.3 Å². The van der Waals surface area contributed by atoms with Gasteiger partial charge in [-0.2, -0.15) is 0 Å². The second-order valence-electron chi connectivity index (χ2n) is 4.52. The summed E-state index contributed by atoms with van der Waals surface area (Å²) in [7, 11) is 0. The van der Waals surface area contributed by atoms with E-state index in [9.17, 15) is 9.59 Å². The predicted octanol–water partition coefficient (Wildman–Crippen LogP) is 2.79. The number of carboxylic acids is 1. The number of nitrogens with zero attached hydrogens (tertiary/aromatic N) is 1. The summed E-state index contributed by atoms with van der Waals surface area (Å²) in [5, 5.41) is 8.72. The summed E-state index contributed by atoms with van der Waals surface area (Å²) in [6.07, 6.45) is 7.49. The number of furan rings is 1. The highest BCUT2D eigenvalue weighted by molar-refractivity contribution is 5.91. The first-order valence-electron chi connectivity index (χ1n) is 6.85. The zero-order chi connectivity index (χ0) is 14.8. The Morgan fingerprint density at radius 2 is 2.15 bits per heavy atom. The molecule has 0 aliphatic carbocycles. The lowest BCUT2D eigenvalue weighted by atomic mass is 10.2. The second kappa shape index (κ2) is 8.96. The summed E-state index contributed by atoms with van der Waals surface area (Å²) in [4.78, 5) is 24.3. The Kier molecular flexibility index (Phi) is 7.17. The van der Waals surface area contributed by atoms with Crippen molar-refractivity contribution in [3.63, 3.8) is 0 Å². The Labute approximate surface area is 118 Å². The van der Waals surface area contributed by atoms with Gasteiger partial charge in [-0.3, -0.25) is 9.59 Å². The van der Waals surface area contributed by atoms with Crippen LogP contribution in [-0.2, 0) is 9.59 Å². The Morgan fingerprint density at radius 1 is 1.35 bits per heavy atom. The molecule has 1 aromatic rings. The largest absolute Gasteiger partial charge is 0.481 e. The lowest BCUT2D eigenvalue weighted by Crippen LogP contribution is -2.32. The summed E-state index contributed by atoms with van der Waals surface area (Å²) in [6, 6.07) is 3.50. The van der Waals surface area contributed by atoms with Gasteiger partial charge in [-0.1, -0.05) is 19.8 Å². The van der Waals surface area contributed by atoms with Crippen LogP contribution in [0.1, 0.15) is 38.4 Å². The van der Waals surface area contributed by atoms with Gasteiger partial charge in [0.25, 0.3) is 0 Å². The molecule has 0 saturated carbocycles. The van der Waals surface area contributed by atoms with Crippen molar-refractivity contribution in [2.75, 3.05) is 13.1 Å². The van der Waals surface area contributed by atoms with Crippen LogP contribution in [-0.4, -0.2) is 35.0 Å². The van der Waals surface area contributed by atoms with Gasteiger partial charge < -0.3 is 14.4 Å². The molecule has 0 radical (unpaired) electrons. The van der Waals surface area contributed by atoms with Crippen molar-refractivity contribution in [2.45, 2.75) is 32.6 Å². The van der Waals surface area contributed by atoms with E-state index >= 15 is 0 Å². The van der Waals surface area contributed by atoms with E-state index < -0.39 is 5.97 Å². The van der Waals surface area contributed by atoms with Crippen LogP contribution >= 0.6 is 0 Å². The molecule has 0 aliphatic heterocycles. The molecule has 0 spiro atoms. The molecule has 0 atom stereocenters. The lowest BCUT2D eigenvalue weighted by molar-refractivity contribution is -0.138. The van der Waals surface area contributed by atoms with Gasteiger partial charge in [-0.05, 0) is 24.6 Å². The van der Waals surface area contributed by atoms with Gasteiger partial charge in [0.05, 0.1) is 12.7 Å². The van der Waals surface area contributed by atoms with Crippen LogP contribution in [0.3, 0.4) is 0 Å². The topological polar surface area (TPSA) is 70.8 Å². The van der Waals surface area contributed by atoms with Gasteiger partial charge in [0.1, 0.15) is 5.76 Å². The quantitative estimate of drug-likeness (QED) is 0.557. The van der Waals surface area contributed by atoms with Crippen LogP contribution < -0.4 is 0 Å². The van der Waals surface area contributed by atoms with E-state index in [1.54, 1.807) is 23.1 Å². The number of carbonyl (C=O) groups is 2. The van der Waals surface area contributed by atoms with Gasteiger partial charge in [0.15, 0.2) is 0 Å². The molecule has 0 saturated heterocycles. The normalized spacial score (nSPS) is 10.8. The van der Waals surface area contributed by atoms with Crippen LogP contribution in [0, 0.1) is 0 Å². The fourth-order valence-electron chi connectivity index (χ4n) is 1.76. The Balaban J connectivity index is 2.55. The molecular formula is C15H21NO4. The summed E-state index contributed by atoms with van der Waals surface area (Å²) < 4.78 is 5.11. The van der Waals surface area contributed by atoms with Crippen molar-refractivity contribution in [3.05, 3.63) is 30.2 Å². The summed E-state index contributed by atoms with van der Waals surface area (Å²) in [5.74, 6) is -0.475. The van der Waals surface area contributed by atoms with Crippen molar-refractivity contribution >= 4 is 18.0 Å². The maximum Gasteiger partial charge on any atom is 0.305 e. The molecule has 0 unspecified atom stereocenters. The number of unbranched alkanes of at least 4 members (excludes halogenated alkanes) is 2. The molecule has 20 heavy (non-hydrogen) atoms. The van der Waals surface area contributed by atoms with Gasteiger partial charge in [-0.15, -0.1) is 0 Å². The van der Waals surface area contributed by atoms with E-state index in [1.807, 2.05) is 0 Å². The molecule has 0 aliphatic rings. The fraction of sp³-hybridized carbons (Fsp3) is 0.467. The number of hydrogen-bond acceptors (Lipinski definition) is 3. The van der Waals surface area contributed by atoms with Crippen LogP contribution in [0.4, 0.5) is 0 Å². The molecule has 1 heterocycles.